The van der Waals surface area contributed by atoms with Crippen molar-refractivity contribution in [1.29, 1.82) is 0 Å². The van der Waals surface area contributed by atoms with Crippen LogP contribution in [0.15, 0.2) is 30.3 Å². The van der Waals surface area contributed by atoms with Crippen molar-refractivity contribution in [3.8, 4) is 0 Å². The molecule has 1 rings (SSSR count). The van der Waals surface area contributed by atoms with Crippen LogP contribution in [-0.2, 0) is 0 Å². The quantitative estimate of drug-likeness (QED) is 0.564. The highest BCUT2D eigenvalue weighted by Crippen LogP contribution is 2.18. The van der Waals surface area contributed by atoms with Crippen molar-refractivity contribution in [2.24, 2.45) is 5.73 Å². The normalized spacial score (nSPS) is 10.5. The van der Waals surface area contributed by atoms with E-state index in [2.05, 4.69) is 0 Å². The highest BCUT2D eigenvalue weighted by molar-refractivity contribution is 5.60. The summed E-state index contributed by atoms with van der Waals surface area (Å²) >= 11 is 0. The molecule has 0 aliphatic heterocycles. The lowest BCUT2D eigenvalue weighted by Gasteiger charge is -1.95. The molecule has 4 heteroatoms. The van der Waals surface area contributed by atoms with Crippen LogP contribution in [0, 0.1) is 10.1 Å². The minimum absolute atomic E-state index is 0.104. The number of para-hydroxylation sites is 1. The van der Waals surface area contributed by atoms with Crippen molar-refractivity contribution in [2.45, 2.75) is 0 Å². The number of hydrogen-bond acceptors (Lipinski definition) is 3. The van der Waals surface area contributed by atoms with E-state index < -0.39 is 4.92 Å². The second kappa shape index (κ2) is 4.37. The Kier molecular flexibility index (Phi) is 3.16. The van der Waals surface area contributed by atoms with Crippen LogP contribution in [0.5, 0.6) is 0 Å². The van der Waals surface area contributed by atoms with Crippen molar-refractivity contribution < 1.29 is 4.92 Å². The summed E-state index contributed by atoms with van der Waals surface area (Å²) in [7, 11) is 0. The molecule has 0 amide bonds. The van der Waals surface area contributed by atoms with E-state index in [4.69, 9.17) is 5.73 Å². The zero-order chi connectivity index (χ0) is 9.68. The van der Waals surface area contributed by atoms with Crippen LogP contribution in [0.25, 0.3) is 6.08 Å². The molecule has 0 aliphatic rings. The van der Waals surface area contributed by atoms with Crippen LogP contribution in [-0.4, -0.2) is 11.5 Å². The zero-order valence-electron chi connectivity index (χ0n) is 7.01. The van der Waals surface area contributed by atoms with Crippen LogP contribution in [0.4, 0.5) is 5.69 Å². The van der Waals surface area contributed by atoms with Gasteiger partial charge < -0.3 is 5.73 Å². The molecular weight excluding hydrogens is 168 g/mol. The fourth-order valence-electron chi connectivity index (χ4n) is 0.990. The summed E-state index contributed by atoms with van der Waals surface area (Å²) < 4.78 is 0. The fourth-order valence-corrected chi connectivity index (χ4v) is 0.990. The minimum atomic E-state index is -0.407. The number of nitrogens with zero attached hydrogens (tertiary/aromatic N) is 1. The Morgan fingerprint density at radius 2 is 2.15 bits per heavy atom. The first-order valence-corrected chi connectivity index (χ1v) is 3.85. The number of nitro groups is 1. The van der Waals surface area contributed by atoms with Crippen molar-refractivity contribution >= 4 is 11.8 Å². The fraction of sp³-hybridized carbons (Fsp3) is 0.111. The van der Waals surface area contributed by atoms with Gasteiger partial charge in [0.1, 0.15) is 0 Å². The predicted octanol–water partition coefficient (Wildman–Crippen LogP) is 1.57. The molecule has 0 saturated heterocycles. The summed E-state index contributed by atoms with van der Waals surface area (Å²) in [6, 6.07) is 6.54. The van der Waals surface area contributed by atoms with Crippen LogP contribution in [0.2, 0.25) is 0 Å². The Balaban J connectivity index is 3.05. The Morgan fingerprint density at radius 3 is 2.77 bits per heavy atom. The van der Waals surface area contributed by atoms with Gasteiger partial charge in [-0.15, -0.1) is 0 Å². The van der Waals surface area contributed by atoms with Gasteiger partial charge in [0.25, 0.3) is 5.69 Å². The maximum Gasteiger partial charge on any atom is 0.276 e. The van der Waals surface area contributed by atoms with Crippen molar-refractivity contribution in [3.63, 3.8) is 0 Å². The summed E-state index contributed by atoms with van der Waals surface area (Å²) in [6.45, 7) is 0.381. The lowest BCUT2D eigenvalue weighted by molar-refractivity contribution is -0.385. The SMILES string of the molecule is NCC=Cc1ccccc1[N+](=O)[O-]. The van der Waals surface area contributed by atoms with Gasteiger partial charge in [0, 0.05) is 12.6 Å². The third kappa shape index (κ3) is 2.38. The first-order valence-electron chi connectivity index (χ1n) is 3.85. The number of rotatable bonds is 3. The standard InChI is InChI=1S/C9H10N2O2/c10-7-3-5-8-4-1-2-6-9(8)11(12)13/h1-6H,7,10H2. The predicted molar refractivity (Wildman–Crippen MR) is 51.2 cm³/mol. The van der Waals surface area contributed by atoms with Gasteiger partial charge in [-0.1, -0.05) is 24.3 Å². The van der Waals surface area contributed by atoms with Crippen LogP contribution in [0.1, 0.15) is 5.56 Å². The topological polar surface area (TPSA) is 69.2 Å². The molecule has 0 aromatic heterocycles. The average molecular weight is 178 g/mol. The third-order valence-corrected chi connectivity index (χ3v) is 1.57. The van der Waals surface area contributed by atoms with E-state index in [0.717, 1.165) is 0 Å². The summed E-state index contributed by atoms with van der Waals surface area (Å²) in [5.41, 5.74) is 5.93. The minimum Gasteiger partial charge on any atom is -0.327 e. The lowest BCUT2D eigenvalue weighted by atomic mass is 10.1. The molecule has 0 spiro atoms. The van der Waals surface area contributed by atoms with Gasteiger partial charge in [0.2, 0.25) is 0 Å². The summed E-state index contributed by atoms with van der Waals surface area (Å²) in [4.78, 5) is 10.1. The van der Waals surface area contributed by atoms with Gasteiger partial charge in [-0.05, 0) is 6.07 Å². The van der Waals surface area contributed by atoms with E-state index in [9.17, 15) is 10.1 Å². The first kappa shape index (κ1) is 9.41. The summed E-state index contributed by atoms with van der Waals surface area (Å²) in [6.07, 6.45) is 3.33. The molecule has 0 bridgehead atoms. The van der Waals surface area contributed by atoms with Gasteiger partial charge in [-0.25, -0.2) is 0 Å². The summed E-state index contributed by atoms with van der Waals surface area (Å²) in [5.74, 6) is 0. The molecule has 0 saturated carbocycles. The van der Waals surface area contributed by atoms with E-state index in [0.29, 0.717) is 12.1 Å². The highest BCUT2D eigenvalue weighted by Gasteiger charge is 2.08. The Bertz CT molecular complexity index is 334. The largest absolute Gasteiger partial charge is 0.327 e. The lowest BCUT2D eigenvalue weighted by Crippen LogP contribution is -1.94. The van der Waals surface area contributed by atoms with Crippen LogP contribution >= 0.6 is 0 Å². The first-order chi connectivity index (χ1) is 6.25. The van der Waals surface area contributed by atoms with E-state index in [1.807, 2.05) is 0 Å². The molecule has 4 nitrogen and oxygen atoms in total. The Hall–Kier alpha value is -1.68. The van der Waals surface area contributed by atoms with Gasteiger partial charge in [-0.2, -0.15) is 0 Å². The number of nitro benzene ring substituents is 1. The Labute approximate surface area is 75.8 Å². The number of benzene rings is 1. The monoisotopic (exact) mass is 178 g/mol. The smallest absolute Gasteiger partial charge is 0.276 e. The van der Waals surface area contributed by atoms with E-state index in [1.165, 1.54) is 6.07 Å². The van der Waals surface area contributed by atoms with Gasteiger partial charge in [0.15, 0.2) is 0 Å². The summed E-state index contributed by atoms with van der Waals surface area (Å²) in [5, 5.41) is 10.5. The molecule has 0 unspecified atom stereocenters. The Morgan fingerprint density at radius 1 is 1.46 bits per heavy atom. The van der Waals surface area contributed by atoms with Gasteiger partial charge in [0.05, 0.1) is 10.5 Å². The molecule has 1 aromatic rings. The zero-order valence-corrected chi connectivity index (χ0v) is 7.01. The van der Waals surface area contributed by atoms with E-state index in [1.54, 1.807) is 30.4 Å². The number of hydrogen-bond donors (Lipinski definition) is 1. The van der Waals surface area contributed by atoms with Gasteiger partial charge >= 0.3 is 0 Å². The van der Waals surface area contributed by atoms with Gasteiger partial charge in [-0.3, -0.25) is 10.1 Å². The highest BCUT2D eigenvalue weighted by atomic mass is 16.6. The van der Waals surface area contributed by atoms with Crippen molar-refractivity contribution in [1.82, 2.24) is 0 Å². The van der Waals surface area contributed by atoms with Crippen molar-refractivity contribution in [2.75, 3.05) is 6.54 Å². The maximum atomic E-state index is 10.5. The van der Waals surface area contributed by atoms with E-state index in [-0.39, 0.29) is 5.69 Å². The molecule has 0 fully saturated rings. The molecule has 1 aromatic carbocycles. The van der Waals surface area contributed by atoms with Crippen molar-refractivity contribution in [3.05, 3.63) is 46.0 Å². The molecule has 0 heterocycles. The molecule has 68 valence electrons. The molecule has 13 heavy (non-hydrogen) atoms. The van der Waals surface area contributed by atoms with Crippen LogP contribution in [0.3, 0.4) is 0 Å². The maximum absolute atomic E-state index is 10.5. The molecular formula is C9H10N2O2. The van der Waals surface area contributed by atoms with Crippen LogP contribution < -0.4 is 5.73 Å². The molecule has 0 radical (unpaired) electrons. The molecule has 0 aliphatic carbocycles. The van der Waals surface area contributed by atoms with E-state index >= 15 is 0 Å². The second-order valence-electron chi connectivity index (χ2n) is 2.45. The third-order valence-electron chi connectivity index (χ3n) is 1.57. The molecule has 2 N–H and O–H groups in total. The number of nitrogens with two attached hydrogens (primary N) is 1. The second-order valence-corrected chi connectivity index (χ2v) is 2.45. The average Bonchev–Trinajstić information content (AvgIpc) is 2.15. The molecule has 0 atom stereocenters.